The monoisotopic (exact) mass is 274 g/mol. The number of morpholine rings is 1. The Morgan fingerprint density at radius 3 is 2.65 bits per heavy atom. The zero-order valence-corrected chi connectivity index (χ0v) is 11.9. The summed E-state index contributed by atoms with van der Waals surface area (Å²) in [5.41, 5.74) is 2.88. The number of hydrogen-bond donors (Lipinski definition) is 0. The molecule has 0 radical (unpaired) electrons. The van der Waals surface area contributed by atoms with Gasteiger partial charge >= 0.3 is 0 Å². The van der Waals surface area contributed by atoms with Gasteiger partial charge in [0.25, 0.3) is 0 Å². The highest BCUT2D eigenvalue weighted by Crippen LogP contribution is 2.18. The van der Waals surface area contributed by atoms with Crippen LogP contribution in [0.1, 0.15) is 17.5 Å². The molecule has 0 unspecified atom stereocenters. The quantitative estimate of drug-likeness (QED) is 0.833. The summed E-state index contributed by atoms with van der Waals surface area (Å²) in [5.74, 6) is 0.271. The van der Waals surface area contributed by atoms with E-state index < -0.39 is 0 Å². The molecule has 20 heavy (non-hydrogen) atoms. The van der Waals surface area contributed by atoms with Crippen molar-refractivity contribution in [3.05, 3.63) is 35.4 Å². The van der Waals surface area contributed by atoms with Gasteiger partial charge in [0, 0.05) is 39.1 Å². The lowest BCUT2D eigenvalue weighted by Gasteiger charge is -2.30. The molecule has 2 heterocycles. The van der Waals surface area contributed by atoms with Crippen LogP contribution in [0.4, 0.5) is 0 Å². The van der Waals surface area contributed by atoms with E-state index in [0.29, 0.717) is 19.6 Å². The molecular weight excluding hydrogens is 252 g/mol. The van der Waals surface area contributed by atoms with Gasteiger partial charge < -0.3 is 9.64 Å². The molecule has 0 spiro atoms. The molecule has 1 aromatic carbocycles. The maximum atomic E-state index is 12.1. The molecule has 4 nitrogen and oxygen atoms in total. The van der Waals surface area contributed by atoms with Crippen molar-refractivity contribution >= 4 is 5.91 Å². The number of ether oxygens (including phenoxy) is 1. The van der Waals surface area contributed by atoms with Gasteiger partial charge in [-0.3, -0.25) is 9.69 Å². The first-order valence-electron chi connectivity index (χ1n) is 7.47. The van der Waals surface area contributed by atoms with Crippen molar-refractivity contribution in [3.63, 3.8) is 0 Å². The lowest BCUT2D eigenvalue weighted by Crippen LogP contribution is -2.42. The fraction of sp³-hybridized carbons (Fsp3) is 0.562. The molecule has 4 heteroatoms. The number of fused-ring (bicyclic) bond motifs is 1. The summed E-state index contributed by atoms with van der Waals surface area (Å²) in [6.07, 6.45) is 1.73. The summed E-state index contributed by atoms with van der Waals surface area (Å²) in [4.78, 5) is 16.5. The molecule has 3 rings (SSSR count). The molecule has 108 valence electrons. The Morgan fingerprint density at radius 1 is 1.10 bits per heavy atom. The second-order valence-electron chi connectivity index (χ2n) is 5.54. The van der Waals surface area contributed by atoms with Gasteiger partial charge in [0.1, 0.15) is 0 Å². The summed E-state index contributed by atoms with van der Waals surface area (Å²) in [5, 5.41) is 0. The average molecular weight is 274 g/mol. The minimum absolute atomic E-state index is 0.271. The van der Waals surface area contributed by atoms with Crippen LogP contribution in [0.15, 0.2) is 24.3 Å². The summed E-state index contributed by atoms with van der Waals surface area (Å²) in [6, 6.07) is 8.62. The van der Waals surface area contributed by atoms with Crippen LogP contribution in [0.3, 0.4) is 0 Å². The SMILES string of the molecule is O=C(CCN1CCc2ccccc2C1)N1CCOCC1. The number of hydrogen-bond acceptors (Lipinski definition) is 3. The highest BCUT2D eigenvalue weighted by molar-refractivity contribution is 5.76. The topological polar surface area (TPSA) is 32.8 Å². The molecule has 0 saturated carbocycles. The molecule has 1 fully saturated rings. The summed E-state index contributed by atoms with van der Waals surface area (Å²) < 4.78 is 5.28. The van der Waals surface area contributed by atoms with Gasteiger partial charge in [-0.1, -0.05) is 24.3 Å². The first-order chi connectivity index (χ1) is 9.83. The predicted molar refractivity (Wildman–Crippen MR) is 77.4 cm³/mol. The van der Waals surface area contributed by atoms with E-state index in [-0.39, 0.29) is 5.91 Å². The van der Waals surface area contributed by atoms with Crippen LogP contribution < -0.4 is 0 Å². The Balaban J connectivity index is 1.49. The van der Waals surface area contributed by atoms with Gasteiger partial charge in [0.15, 0.2) is 0 Å². The van der Waals surface area contributed by atoms with Gasteiger partial charge in [0.2, 0.25) is 5.91 Å². The van der Waals surface area contributed by atoms with Crippen molar-refractivity contribution in [3.8, 4) is 0 Å². The van der Waals surface area contributed by atoms with E-state index in [0.717, 1.165) is 39.1 Å². The van der Waals surface area contributed by atoms with Crippen molar-refractivity contribution < 1.29 is 9.53 Å². The number of rotatable bonds is 3. The van der Waals surface area contributed by atoms with Crippen molar-refractivity contribution in [2.24, 2.45) is 0 Å². The average Bonchev–Trinajstić information content (AvgIpc) is 2.53. The standard InChI is InChI=1S/C16H22N2O2/c19-16(18-9-11-20-12-10-18)6-8-17-7-5-14-3-1-2-4-15(14)13-17/h1-4H,5-13H2. The molecule has 0 bridgehead atoms. The Kier molecular flexibility index (Phi) is 4.33. The van der Waals surface area contributed by atoms with Crippen molar-refractivity contribution in [2.45, 2.75) is 19.4 Å². The summed E-state index contributed by atoms with van der Waals surface area (Å²) >= 11 is 0. The molecule has 0 atom stereocenters. The van der Waals surface area contributed by atoms with Gasteiger partial charge in [-0.15, -0.1) is 0 Å². The first kappa shape index (κ1) is 13.6. The van der Waals surface area contributed by atoms with E-state index in [1.165, 1.54) is 11.1 Å². The molecule has 0 N–H and O–H groups in total. The molecule has 0 aromatic heterocycles. The van der Waals surface area contributed by atoms with Crippen LogP contribution in [0.25, 0.3) is 0 Å². The fourth-order valence-electron chi connectivity index (χ4n) is 2.97. The zero-order chi connectivity index (χ0) is 13.8. The normalized spacial score (nSPS) is 19.7. The number of benzene rings is 1. The zero-order valence-electron chi connectivity index (χ0n) is 11.9. The van der Waals surface area contributed by atoms with Crippen LogP contribution >= 0.6 is 0 Å². The second-order valence-corrected chi connectivity index (χ2v) is 5.54. The highest BCUT2D eigenvalue weighted by Gasteiger charge is 2.19. The van der Waals surface area contributed by atoms with Gasteiger partial charge in [-0.25, -0.2) is 0 Å². The Hall–Kier alpha value is -1.39. The van der Waals surface area contributed by atoms with Gasteiger partial charge in [0.05, 0.1) is 13.2 Å². The maximum Gasteiger partial charge on any atom is 0.224 e. The van der Waals surface area contributed by atoms with E-state index in [4.69, 9.17) is 4.74 Å². The Labute approximate surface area is 120 Å². The molecule has 1 saturated heterocycles. The van der Waals surface area contributed by atoms with Gasteiger partial charge in [-0.2, -0.15) is 0 Å². The molecule has 1 aromatic rings. The Morgan fingerprint density at radius 2 is 1.85 bits per heavy atom. The fourth-order valence-corrected chi connectivity index (χ4v) is 2.97. The number of nitrogens with zero attached hydrogens (tertiary/aromatic N) is 2. The van der Waals surface area contributed by atoms with Crippen LogP contribution in [-0.2, 0) is 22.5 Å². The summed E-state index contributed by atoms with van der Waals surface area (Å²) in [7, 11) is 0. The lowest BCUT2D eigenvalue weighted by atomic mass is 10.00. The first-order valence-corrected chi connectivity index (χ1v) is 7.47. The van der Waals surface area contributed by atoms with Crippen molar-refractivity contribution in [1.29, 1.82) is 0 Å². The second kappa shape index (κ2) is 6.37. The largest absolute Gasteiger partial charge is 0.378 e. The predicted octanol–water partition coefficient (Wildman–Crippen LogP) is 1.29. The Bertz CT molecular complexity index is 469. The highest BCUT2D eigenvalue weighted by atomic mass is 16.5. The minimum Gasteiger partial charge on any atom is -0.378 e. The van der Waals surface area contributed by atoms with Gasteiger partial charge in [-0.05, 0) is 17.5 Å². The third-order valence-electron chi connectivity index (χ3n) is 4.22. The third-order valence-corrected chi connectivity index (χ3v) is 4.22. The van der Waals surface area contributed by atoms with E-state index in [9.17, 15) is 4.79 Å². The third kappa shape index (κ3) is 3.19. The number of amides is 1. The molecule has 0 aliphatic carbocycles. The van der Waals surface area contributed by atoms with Crippen molar-refractivity contribution in [2.75, 3.05) is 39.4 Å². The van der Waals surface area contributed by atoms with E-state index in [1.54, 1.807) is 0 Å². The van der Waals surface area contributed by atoms with Crippen molar-refractivity contribution in [1.82, 2.24) is 9.80 Å². The number of carbonyl (C=O) groups excluding carboxylic acids is 1. The minimum atomic E-state index is 0.271. The van der Waals surface area contributed by atoms with Crippen LogP contribution in [0.5, 0.6) is 0 Å². The van der Waals surface area contributed by atoms with Crippen LogP contribution in [0, 0.1) is 0 Å². The summed E-state index contributed by atoms with van der Waals surface area (Å²) in [6.45, 7) is 5.78. The van der Waals surface area contributed by atoms with Crippen LogP contribution in [-0.4, -0.2) is 55.1 Å². The molecule has 2 aliphatic heterocycles. The molecule has 1 amide bonds. The lowest BCUT2D eigenvalue weighted by molar-refractivity contribution is -0.135. The molecule has 2 aliphatic rings. The van der Waals surface area contributed by atoms with E-state index >= 15 is 0 Å². The maximum absolute atomic E-state index is 12.1. The smallest absolute Gasteiger partial charge is 0.224 e. The van der Waals surface area contributed by atoms with Crippen LogP contribution in [0.2, 0.25) is 0 Å². The van der Waals surface area contributed by atoms with E-state index in [1.807, 2.05) is 4.90 Å². The molecular formula is C16H22N2O2. The number of carbonyl (C=O) groups is 1. The van der Waals surface area contributed by atoms with E-state index in [2.05, 4.69) is 29.2 Å².